The highest BCUT2D eigenvalue weighted by Crippen LogP contribution is 2.13. The van der Waals surface area contributed by atoms with Crippen LogP contribution in [0.5, 0.6) is 0 Å². The van der Waals surface area contributed by atoms with Crippen molar-refractivity contribution >= 4 is 5.78 Å². The SMILES string of the molecule is CCCCCCCCCCCCCCCCOCC(COCCOCC[N+](C)(C)C)OCC(C)=O. The molecule has 0 amide bonds. The lowest BCUT2D eigenvalue weighted by Gasteiger charge is -2.23. The molecule has 35 heavy (non-hydrogen) atoms. The molecule has 0 aliphatic rings. The van der Waals surface area contributed by atoms with Crippen molar-refractivity contribution in [2.24, 2.45) is 0 Å². The maximum atomic E-state index is 11.3. The summed E-state index contributed by atoms with van der Waals surface area (Å²) in [6.07, 6.45) is 18.8. The van der Waals surface area contributed by atoms with Crippen LogP contribution < -0.4 is 0 Å². The van der Waals surface area contributed by atoms with Gasteiger partial charge in [0.15, 0.2) is 5.78 Å². The molecular weight excluding hydrogens is 442 g/mol. The molecule has 0 heterocycles. The molecule has 0 fully saturated rings. The smallest absolute Gasteiger partial charge is 0.155 e. The Balaban J connectivity index is 3.60. The Morgan fingerprint density at radius 2 is 1.09 bits per heavy atom. The van der Waals surface area contributed by atoms with E-state index >= 15 is 0 Å². The van der Waals surface area contributed by atoms with Gasteiger partial charge in [0, 0.05) is 6.61 Å². The summed E-state index contributed by atoms with van der Waals surface area (Å²) >= 11 is 0. The number of rotatable bonds is 28. The lowest BCUT2D eigenvalue weighted by Crippen LogP contribution is -2.37. The van der Waals surface area contributed by atoms with Crippen molar-refractivity contribution in [1.29, 1.82) is 0 Å². The number of ether oxygens (including phenoxy) is 4. The fourth-order valence-electron chi connectivity index (χ4n) is 3.77. The number of Topliss-reactive ketones (excluding diaryl/α,β-unsaturated/α-hetero) is 1. The van der Waals surface area contributed by atoms with Crippen molar-refractivity contribution in [3.63, 3.8) is 0 Å². The molecule has 6 nitrogen and oxygen atoms in total. The molecule has 0 bridgehead atoms. The summed E-state index contributed by atoms with van der Waals surface area (Å²) in [7, 11) is 6.45. The average Bonchev–Trinajstić information content (AvgIpc) is 2.80. The molecular formula is C29H60NO5+. The van der Waals surface area contributed by atoms with Gasteiger partial charge >= 0.3 is 0 Å². The van der Waals surface area contributed by atoms with E-state index in [1.54, 1.807) is 0 Å². The van der Waals surface area contributed by atoms with Crippen LogP contribution in [-0.2, 0) is 23.7 Å². The van der Waals surface area contributed by atoms with E-state index in [-0.39, 0.29) is 18.5 Å². The number of hydrogen-bond donors (Lipinski definition) is 0. The fourth-order valence-corrected chi connectivity index (χ4v) is 3.77. The molecule has 6 heteroatoms. The van der Waals surface area contributed by atoms with Crippen LogP contribution in [0.2, 0.25) is 0 Å². The van der Waals surface area contributed by atoms with Gasteiger partial charge in [0.1, 0.15) is 19.3 Å². The zero-order valence-corrected chi connectivity index (χ0v) is 24.1. The van der Waals surface area contributed by atoms with Gasteiger partial charge in [-0.1, -0.05) is 90.4 Å². The molecule has 0 aliphatic heterocycles. The number of carbonyl (C=O) groups is 1. The average molecular weight is 503 g/mol. The molecule has 0 radical (unpaired) electrons. The number of unbranched alkanes of at least 4 members (excludes halogenated alkanes) is 13. The molecule has 0 rings (SSSR count). The Morgan fingerprint density at radius 1 is 0.629 bits per heavy atom. The predicted molar refractivity (Wildman–Crippen MR) is 146 cm³/mol. The van der Waals surface area contributed by atoms with Crippen molar-refractivity contribution < 1.29 is 28.2 Å². The van der Waals surface area contributed by atoms with E-state index in [2.05, 4.69) is 28.1 Å². The molecule has 0 saturated carbocycles. The molecule has 0 aromatic rings. The molecule has 0 aromatic carbocycles. The minimum absolute atomic E-state index is 0.0191. The van der Waals surface area contributed by atoms with Gasteiger partial charge in [-0.15, -0.1) is 0 Å². The lowest BCUT2D eigenvalue weighted by atomic mass is 10.0. The van der Waals surface area contributed by atoms with Crippen LogP contribution in [0.25, 0.3) is 0 Å². The van der Waals surface area contributed by atoms with Gasteiger partial charge in [-0.3, -0.25) is 4.79 Å². The number of hydrogen-bond acceptors (Lipinski definition) is 5. The fraction of sp³-hybridized carbons (Fsp3) is 0.966. The van der Waals surface area contributed by atoms with Gasteiger partial charge in [-0.2, -0.15) is 0 Å². The topological polar surface area (TPSA) is 54.0 Å². The van der Waals surface area contributed by atoms with E-state index < -0.39 is 0 Å². The first-order valence-corrected chi connectivity index (χ1v) is 14.5. The van der Waals surface area contributed by atoms with Crippen LogP contribution in [0, 0.1) is 0 Å². The third-order valence-electron chi connectivity index (χ3n) is 6.05. The third-order valence-corrected chi connectivity index (χ3v) is 6.05. The first-order valence-electron chi connectivity index (χ1n) is 14.5. The summed E-state index contributed by atoms with van der Waals surface area (Å²) in [4.78, 5) is 11.3. The zero-order chi connectivity index (χ0) is 26.0. The van der Waals surface area contributed by atoms with Crippen molar-refractivity contribution in [2.75, 3.05) is 73.9 Å². The number of carbonyl (C=O) groups excluding carboxylic acids is 1. The summed E-state index contributed by atoms with van der Waals surface area (Å²) in [6, 6.07) is 0. The van der Waals surface area contributed by atoms with Gasteiger partial charge in [-0.05, 0) is 13.3 Å². The highest BCUT2D eigenvalue weighted by Gasteiger charge is 2.12. The van der Waals surface area contributed by atoms with Crippen LogP contribution in [0.3, 0.4) is 0 Å². The van der Waals surface area contributed by atoms with E-state index in [1.165, 1.54) is 90.4 Å². The number of nitrogens with zero attached hydrogens (tertiary/aromatic N) is 1. The van der Waals surface area contributed by atoms with Crippen molar-refractivity contribution in [1.82, 2.24) is 0 Å². The second kappa shape index (κ2) is 25.1. The summed E-state index contributed by atoms with van der Waals surface area (Å²) < 4.78 is 23.7. The molecule has 0 spiro atoms. The maximum absolute atomic E-state index is 11.3. The van der Waals surface area contributed by atoms with Crippen LogP contribution in [-0.4, -0.2) is 90.3 Å². The van der Waals surface area contributed by atoms with E-state index in [0.717, 1.165) is 30.7 Å². The molecule has 1 atom stereocenters. The zero-order valence-electron chi connectivity index (χ0n) is 24.1. The van der Waals surface area contributed by atoms with Crippen molar-refractivity contribution in [2.45, 2.75) is 110 Å². The standard InChI is InChI=1S/C29H60NO5/c1-6-7-8-9-10-11-12-13-14-15-16-17-18-19-21-33-26-29(35-25-28(2)31)27-34-24-23-32-22-20-30(3,4)5/h29H,6-27H2,1-5H3/q+1. The second-order valence-corrected chi connectivity index (χ2v) is 11.0. The van der Waals surface area contributed by atoms with E-state index in [9.17, 15) is 4.79 Å². The molecule has 0 aliphatic carbocycles. The maximum Gasteiger partial charge on any atom is 0.155 e. The minimum Gasteiger partial charge on any atom is -0.379 e. The highest BCUT2D eigenvalue weighted by atomic mass is 16.6. The summed E-state index contributed by atoms with van der Waals surface area (Å²) in [5.41, 5.74) is 0. The van der Waals surface area contributed by atoms with Crippen molar-refractivity contribution in [3.05, 3.63) is 0 Å². The Morgan fingerprint density at radius 3 is 1.57 bits per heavy atom. The summed E-state index contributed by atoms with van der Waals surface area (Å²) in [6.45, 7) is 8.34. The van der Waals surface area contributed by atoms with Crippen LogP contribution in [0.15, 0.2) is 0 Å². The second-order valence-electron chi connectivity index (χ2n) is 11.0. The first-order chi connectivity index (χ1) is 16.8. The molecule has 0 N–H and O–H groups in total. The van der Waals surface area contributed by atoms with Crippen LogP contribution in [0.1, 0.15) is 104 Å². The third kappa shape index (κ3) is 29.6. The molecule has 0 saturated heterocycles. The molecule has 210 valence electrons. The van der Waals surface area contributed by atoms with Crippen molar-refractivity contribution in [3.8, 4) is 0 Å². The quantitative estimate of drug-likeness (QED) is 0.0942. The summed E-state index contributed by atoms with van der Waals surface area (Å²) in [5, 5.41) is 0. The van der Waals surface area contributed by atoms with Gasteiger partial charge in [0.05, 0.1) is 54.2 Å². The van der Waals surface area contributed by atoms with E-state index in [0.29, 0.717) is 26.4 Å². The van der Waals surface area contributed by atoms with Crippen LogP contribution in [0.4, 0.5) is 0 Å². The van der Waals surface area contributed by atoms with Crippen LogP contribution >= 0.6 is 0 Å². The predicted octanol–water partition coefficient (Wildman–Crippen LogP) is 6.20. The number of ketones is 1. The van der Waals surface area contributed by atoms with Gasteiger partial charge in [0.2, 0.25) is 0 Å². The van der Waals surface area contributed by atoms with E-state index in [4.69, 9.17) is 18.9 Å². The number of likely N-dealkylation sites (N-methyl/N-ethyl adjacent to an activating group) is 1. The molecule has 1 unspecified atom stereocenters. The molecule has 0 aromatic heterocycles. The minimum atomic E-state index is -0.211. The van der Waals surface area contributed by atoms with Gasteiger partial charge < -0.3 is 23.4 Å². The summed E-state index contributed by atoms with van der Waals surface area (Å²) in [5.74, 6) is 0.0191. The Labute approximate surface area is 218 Å². The Bertz CT molecular complexity index is 453. The monoisotopic (exact) mass is 502 g/mol. The largest absolute Gasteiger partial charge is 0.379 e. The lowest BCUT2D eigenvalue weighted by molar-refractivity contribution is -0.870. The highest BCUT2D eigenvalue weighted by molar-refractivity contribution is 5.76. The Hall–Kier alpha value is -0.530. The normalized spacial score (nSPS) is 12.8. The van der Waals surface area contributed by atoms with Gasteiger partial charge in [0.25, 0.3) is 0 Å². The Kier molecular flexibility index (Phi) is 24.8. The first kappa shape index (κ1) is 34.5. The van der Waals surface area contributed by atoms with Gasteiger partial charge in [-0.25, -0.2) is 0 Å². The number of quaternary nitrogens is 1. The van der Waals surface area contributed by atoms with E-state index in [1.807, 2.05) is 0 Å².